The van der Waals surface area contributed by atoms with Gasteiger partial charge in [0.05, 0.1) is 11.0 Å². The van der Waals surface area contributed by atoms with Gasteiger partial charge in [-0.15, -0.1) is 0 Å². The Morgan fingerprint density at radius 3 is 2.58 bits per heavy atom. The van der Waals surface area contributed by atoms with Gasteiger partial charge in [-0.25, -0.2) is 4.98 Å². The van der Waals surface area contributed by atoms with E-state index in [-0.39, 0.29) is 5.91 Å². The maximum Gasteiger partial charge on any atom is 0.221 e. The van der Waals surface area contributed by atoms with Gasteiger partial charge in [0.15, 0.2) is 0 Å². The number of fused-ring (bicyclic) bond motifs is 1. The second-order valence-corrected chi connectivity index (χ2v) is 7.07. The van der Waals surface area contributed by atoms with E-state index in [1.807, 2.05) is 24.3 Å². The minimum Gasteiger partial charge on any atom is -0.342 e. The summed E-state index contributed by atoms with van der Waals surface area (Å²) in [6.07, 6.45) is 2.26. The highest BCUT2D eigenvalue weighted by atomic mass is 16.1. The number of amides is 1. The first-order valence-electron chi connectivity index (χ1n) is 9.21. The third-order valence-electron chi connectivity index (χ3n) is 5.06. The number of H-pyrrole nitrogens is 1. The number of carbonyl (C=O) groups is 1. The van der Waals surface area contributed by atoms with Crippen LogP contribution in [0.3, 0.4) is 0 Å². The van der Waals surface area contributed by atoms with Crippen LogP contribution in [0.25, 0.3) is 11.0 Å². The largest absolute Gasteiger partial charge is 0.342 e. The molecule has 3 aromatic rings. The van der Waals surface area contributed by atoms with E-state index in [1.165, 1.54) is 12.5 Å². The van der Waals surface area contributed by atoms with Crippen molar-refractivity contribution in [2.24, 2.45) is 0 Å². The van der Waals surface area contributed by atoms with Crippen molar-refractivity contribution in [1.82, 2.24) is 14.9 Å². The fourth-order valence-electron chi connectivity index (χ4n) is 3.69. The number of imidazole rings is 1. The molecule has 0 radical (unpaired) electrons. The summed E-state index contributed by atoms with van der Waals surface area (Å²) < 4.78 is 0. The monoisotopic (exact) mass is 348 g/mol. The third-order valence-corrected chi connectivity index (χ3v) is 5.06. The van der Waals surface area contributed by atoms with Gasteiger partial charge in [-0.3, -0.25) is 9.69 Å². The number of likely N-dealkylation sites (tertiary alicyclic amines) is 1. The molecular formula is C21H24N4O. The molecule has 1 aliphatic rings. The zero-order valence-electron chi connectivity index (χ0n) is 15.0. The summed E-state index contributed by atoms with van der Waals surface area (Å²) in [6, 6.07) is 16.4. The predicted octanol–water partition coefficient (Wildman–Crippen LogP) is 3.90. The van der Waals surface area contributed by atoms with E-state index in [0.717, 1.165) is 55.0 Å². The van der Waals surface area contributed by atoms with Crippen LogP contribution in [0.15, 0.2) is 48.5 Å². The normalized spacial score (nSPS) is 16.0. The molecule has 1 aromatic heterocycles. The van der Waals surface area contributed by atoms with Crippen molar-refractivity contribution in [2.45, 2.75) is 32.2 Å². The SMILES string of the molecule is CC(=O)Nc1ccc(CN2CCC(c3nc4ccccc4[nH]3)CC2)cc1. The number of hydrogen-bond acceptors (Lipinski definition) is 3. The Bertz CT molecular complexity index is 859. The van der Waals surface area contributed by atoms with Crippen molar-refractivity contribution in [3.05, 3.63) is 59.9 Å². The molecule has 2 heterocycles. The smallest absolute Gasteiger partial charge is 0.221 e. The number of nitrogens with zero attached hydrogens (tertiary/aromatic N) is 2. The molecule has 134 valence electrons. The topological polar surface area (TPSA) is 61.0 Å². The van der Waals surface area contributed by atoms with Gasteiger partial charge in [0, 0.05) is 25.1 Å². The average Bonchev–Trinajstić information content (AvgIpc) is 3.08. The minimum atomic E-state index is -0.0367. The van der Waals surface area contributed by atoms with Crippen molar-refractivity contribution < 1.29 is 4.79 Å². The lowest BCUT2D eigenvalue weighted by Gasteiger charge is -2.31. The van der Waals surface area contributed by atoms with E-state index in [1.54, 1.807) is 0 Å². The number of para-hydroxylation sites is 2. The number of carbonyl (C=O) groups excluding carboxylic acids is 1. The molecule has 1 aliphatic heterocycles. The van der Waals surface area contributed by atoms with Crippen LogP contribution in [-0.2, 0) is 11.3 Å². The van der Waals surface area contributed by atoms with Crippen LogP contribution >= 0.6 is 0 Å². The van der Waals surface area contributed by atoms with Crippen LogP contribution in [0.2, 0.25) is 0 Å². The van der Waals surface area contributed by atoms with E-state index in [4.69, 9.17) is 4.98 Å². The fourth-order valence-corrected chi connectivity index (χ4v) is 3.69. The number of anilines is 1. The summed E-state index contributed by atoms with van der Waals surface area (Å²) in [5.74, 6) is 1.61. The van der Waals surface area contributed by atoms with Gasteiger partial charge < -0.3 is 10.3 Å². The van der Waals surface area contributed by atoms with E-state index in [2.05, 4.69) is 39.5 Å². The summed E-state index contributed by atoms with van der Waals surface area (Å²) >= 11 is 0. The zero-order valence-corrected chi connectivity index (χ0v) is 15.0. The molecular weight excluding hydrogens is 324 g/mol. The van der Waals surface area contributed by atoms with Gasteiger partial charge in [-0.05, 0) is 55.8 Å². The number of aromatic amines is 1. The first-order chi connectivity index (χ1) is 12.7. The second-order valence-electron chi connectivity index (χ2n) is 7.07. The molecule has 26 heavy (non-hydrogen) atoms. The van der Waals surface area contributed by atoms with Crippen LogP contribution in [0, 0.1) is 0 Å². The molecule has 5 heteroatoms. The third kappa shape index (κ3) is 3.78. The number of rotatable bonds is 4. The van der Waals surface area contributed by atoms with Crippen LogP contribution in [0.5, 0.6) is 0 Å². The molecule has 1 fully saturated rings. The van der Waals surface area contributed by atoms with E-state index in [0.29, 0.717) is 5.92 Å². The van der Waals surface area contributed by atoms with Gasteiger partial charge in [0.1, 0.15) is 5.82 Å². The Morgan fingerprint density at radius 1 is 1.15 bits per heavy atom. The highest BCUT2D eigenvalue weighted by Crippen LogP contribution is 2.28. The Kier molecular flexibility index (Phi) is 4.71. The molecule has 0 unspecified atom stereocenters. The van der Waals surface area contributed by atoms with Crippen molar-refractivity contribution in [3.8, 4) is 0 Å². The lowest BCUT2D eigenvalue weighted by molar-refractivity contribution is -0.114. The zero-order chi connectivity index (χ0) is 17.9. The standard InChI is InChI=1S/C21H24N4O/c1-15(26)22-18-8-6-16(7-9-18)14-25-12-10-17(11-13-25)21-23-19-4-2-3-5-20(19)24-21/h2-9,17H,10-14H2,1H3,(H,22,26)(H,23,24). The molecule has 4 rings (SSSR count). The predicted molar refractivity (Wildman–Crippen MR) is 104 cm³/mol. The maximum atomic E-state index is 11.1. The molecule has 0 atom stereocenters. The van der Waals surface area contributed by atoms with Crippen LogP contribution in [0.4, 0.5) is 5.69 Å². The Hall–Kier alpha value is -2.66. The summed E-state index contributed by atoms with van der Waals surface area (Å²) in [4.78, 5) is 21.8. The quantitative estimate of drug-likeness (QED) is 0.752. The molecule has 5 nitrogen and oxygen atoms in total. The number of aromatic nitrogens is 2. The molecule has 2 aromatic carbocycles. The lowest BCUT2D eigenvalue weighted by Crippen LogP contribution is -2.32. The molecule has 2 N–H and O–H groups in total. The van der Waals surface area contributed by atoms with Crippen molar-refractivity contribution in [1.29, 1.82) is 0 Å². The molecule has 1 saturated heterocycles. The molecule has 0 spiro atoms. The summed E-state index contributed by atoms with van der Waals surface area (Å²) in [5, 5.41) is 2.81. The number of piperidine rings is 1. The van der Waals surface area contributed by atoms with Gasteiger partial charge in [-0.1, -0.05) is 24.3 Å². The summed E-state index contributed by atoms with van der Waals surface area (Å²) in [7, 11) is 0. The average molecular weight is 348 g/mol. The van der Waals surface area contributed by atoms with E-state index in [9.17, 15) is 4.79 Å². The molecule has 0 bridgehead atoms. The second kappa shape index (κ2) is 7.30. The minimum absolute atomic E-state index is 0.0367. The highest BCUT2D eigenvalue weighted by molar-refractivity contribution is 5.88. The van der Waals surface area contributed by atoms with Crippen molar-refractivity contribution in [2.75, 3.05) is 18.4 Å². The number of nitrogens with one attached hydrogen (secondary N) is 2. The number of hydrogen-bond donors (Lipinski definition) is 2. The van der Waals surface area contributed by atoms with Gasteiger partial charge in [-0.2, -0.15) is 0 Å². The molecule has 0 aliphatic carbocycles. The van der Waals surface area contributed by atoms with Crippen molar-refractivity contribution >= 4 is 22.6 Å². The van der Waals surface area contributed by atoms with E-state index < -0.39 is 0 Å². The summed E-state index contributed by atoms with van der Waals surface area (Å²) in [5.41, 5.74) is 4.32. The van der Waals surface area contributed by atoms with Crippen LogP contribution in [0.1, 0.15) is 37.1 Å². The highest BCUT2D eigenvalue weighted by Gasteiger charge is 2.23. The summed E-state index contributed by atoms with van der Waals surface area (Å²) in [6.45, 7) is 4.64. The number of benzene rings is 2. The molecule has 1 amide bonds. The van der Waals surface area contributed by atoms with Gasteiger partial charge in [0.25, 0.3) is 0 Å². The lowest BCUT2D eigenvalue weighted by atomic mass is 9.96. The van der Waals surface area contributed by atoms with Crippen molar-refractivity contribution in [3.63, 3.8) is 0 Å². The maximum absolute atomic E-state index is 11.1. The molecule has 0 saturated carbocycles. The Labute approximate surface area is 153 Å². The van der Waals surface area contributed by atoms with Crippen LogP contribution in [-0.4, -0.2) is 33.9 Å². The first-order valence-corrected chi connectivity index (χ1v) is 9.21. The Morgan fingerprint density at radius 2 is 1.88 bits per heavy atom. The van der Waals surface area contributed by atoms with E-state index >= 15 is 0 Å². The van der Waals surface area contributed by atoms with Crippen LogP contribution < -0.4 is 5.32 Å². The van der Waals surface area contributed by atoms with Gasteiger partial charge in [0.2, 0.25) is 5.91 Å². The van der Waals surface area contributed by atoms with Gasteiger partial charge >= 0.3 is 0 Å². The fraction of sp³-hybridized carbons (Fsp3) is 0.333. The Balaban J connectivity index is 1.34. The first kappa shape index (κ1) is 16.8.